The number of nitrogens with zero attached hydrogens (tertiary/aromatic N) is 1. The summed E-state index contributed by atoms with van der Waals surface area (Å²) in [6.45, 7) is 0.257. The maximum atomic E-state index is 12.5. The Morgan fingerprint density at radius 3 is 2.46 bits per heavy atom. The van der Waals surface area contributed by atoms with Gasteiger partial charge in [0.25, 0.3) is 0 Å². The molecule has 0 spiro atoms. The summed E-state index contributed by atoms with van der Waals surface area (Å²) in [6.07, 6.45) is -4.34. The van der Waals surface area contributed by atoms with Crippen LogP contribution < -0.4 is 11.1 Å². The molecule has 8 heteroatoms. The molecule has 1 heterocycles. The Balaban J connectivity index is 1.56. The first kappa shape index (κ1) is 17.8. The van der Waals surface area contributed by atoms with Crippen molar-refractivity contribution < 1.29 is 22.4 Å². The normalized spacial score (nSPS) is 11.7. The number of aromatic nitrogens is 1. The molecule has 5 nitrogen and oxygen atoms in total. The second-order valence-electron chi connectivity index (χ2n) is 5.71. The van der Waals surface area contributed by atoms with Crippen LogP contribution in [0.4, 0.5) is 13.2 Å². The summed E-state index contributed by atoms with van der Waals surface area (Å²) in [5.74, 6) is -0.858. The maximum absolute atomic E-state index is 12.5. The first-order chi connectivity index (χ1) is 12.3. The minimum atomic E-state index is -4.39. The third-order valence-electron chi connectivity index (χ3n) is 3.91. The molecule has 26 heavy (non-hydrogen) atoms. The van der Waals surface area contributed by atoms with Crippen molar-refractivity contribution in [3.8, 4) is 0 Å². The molecule has 0 fully saturated rings. The number of carbonyl (C=O) groups is 1. The van der Waals surface area contributed by atoms with Gasteiger partial charge in [-0.2, -0.15) is 13.2 Å². The number of fused-ring (bicyclic) bond motifs is 1. The molecule has 1 N–H and O–H groups in total. The van der Waals surface area contributed by atoms with Crippen LogP contribution in [-0.4, -0.2) is 10.5 Å². The monoisotopic (exact) mass is 364 g/mol. The van der Waals surface area contributed by atoms with Crippen molar-refractivity contribution in [2.45, 2.75) is 25.7 Å². The molecule has 0 saturated heterocycles. The number of amides is 1. The molecule has 2 aromatic carbocycles. The predicted molar refractivity (Wildman–Crippen MR) is 88.4 cm³/mol. The molecular formula is C18H15F3N2O3. The number of halogens is 3. The number of hydrogen-bond donors (Lipinski definition) is 1. The van der Waals surface area contributed by atoms with Crippen LogP contribution >= 0.6 is 0 Å². The van der Waals surface area contributed by atoms with Crippen LogP contribution in [0.25, 0.3) is 11.1 Å². The molecule has 1 aromatic heterocycles. The molecule has 3 rings (SSSR count). The SMILES string of the molecule is O=C(CCn1c(=O)oc2ccccc21)NCc1ccc(C(F)(F)F)cc1. The molecule has 0 bridgehead atoms. The van der Waals surface area contributed by atoms with E-state index in [-0.39, 0.29) is 25.4 Å². The molecule has 136 valence electrons. The van der Waals surface area contributed by atoms with Crippen molar-refractivity contribution in [3.63, 3.8) is 0 Å². The number of oxazole rings is 1. The van der Waals surface area contributed by atoms with Gasteiger partial charge in [-0.05, 0) is 29.8 Å². The lowest BCUT2D eigenvalue weighted by Crippen LogP contribution is -2.25. The summed E-state index contributed by atoms with van der Waals surface area (Å²) in [5.41, 5.74) is 0.867. The molecule has 0 saturated carbocycles. The van der Waals surface area contributed by atoms with Crippen LogP contribution in [-0.2, 0) is 24.1 Å². The van der Waals surface area contributed by atoms with Crippen molar-refractivity contribution in [2.75, 3.05) is 0 Å². The predicted octanol–water partition coefficient (Wildman–Crippen LogP) is 3.32. The van der Waals surface area contributed by atoms with Crippen LogP contribution in [0.1, 0.15) is 17.5 Å². The van der Waals surface area contributed by atoms with Crippen molar-refractivity contribution in [3.05, 3.63) is 70.2 Å². The largest absolute Gasteiger partial charge is 0.419 e. The van der Waals surface area contributed by atoms with Gasteiger partial charge < -0.3 is 9.73 Å². The lowest BCUT2D eigenvalue weighted by molar-refractivity contribution is -0.137. The van der Waals surface area contributed by atoms with Crippen LogP contribution in [0.2, 0.25) is 0 Å². The molecule has 0 aliphatic rings. The second-order valence-corrected chi connectivity index (χ2v) is 5.71. The Morgan fingerprint density at radius 1 is 1.08 bits per heavy atom. The fourth-order valence-corrected chi connectivity index (χ4v) is 2.54. The topological polar surface area (TPSA) is 64.2 Å². The number of nitrogens with one attached hydrogen (secondary N) is 1. The highest BCUT2D eigenvalue weighted by atomic mass is 19.4. The van der Waals surface area contributed by atoms with Gasteiger partial charge in [0, 0.05) is 19.5 Å². The molecular weight excluding hydrogens is 349 g/mol. The average Bonchev–Trinajstić information content (AvgIpc) is 2.93. The van der Waals surface area contributed by atoms with E-state index in [9.17, 15) is 22.8 Å². The summed E-state index contributed by atoms with van der Waals surface area (Å²) < 4.78 is 44.0. The van der Waals surface area contributed by atoms with Crippen molar-refractivity contribution >= 4 is 17.0 Å². The standard InChI is InChI=1S/C18H15F3N2O3/c19-18(20,21)13-7-5-12(6-8-13)11-22-16(24)9-10-23-14-3-1-2-4-15(14)26-17(23)25/h1-8H,9-11H2,(H,22,24). The number of para-hydroxylation sites is 2. The summed E-state index contributed by atoms with van der Waals surface area (Å²) in [5, 5.41) is 2.62. The van der Waals surface area contributed by atoms with E-state index >= 15 is 0 Å². The first-order valence-corrected chi connectivity index (χ1v) is 7.86. The van der Waals surface area contributed by atoms with Crippen molar-refractivity contribution in [2.24, 2.45) is 0 Å². The van der Waals surface area contributed by atoms with Crippen LogP contribution in [0.15, 0.2) is 57.7 Å². The van der Waals surface area contributed by atoms with Gasteiger partial charge in [-0.25, -0.2) is 4.79 Å². The fourth-order valence-electron chi connectivity index (χ4n) is 2.54. The van der Waals surface area contributed by atoms with Gasteiger partial charge in [-0.15, -0.1) is 0 Å². The van der Waals surface area contributed by atoms with E-state index in [1.165, 1.54) is 16.7 Å². The Kier molecular flexibility index (Phi) is 4.83. The fraction of sp³-hybridized carbons (Fsp3) is 0.222. The van der Waals surface area contributed by atoms with Gasteiger partial charge >= 0.3 is 11.9 Å². The van der Waals surface area contributed by atoms with Crippen molar-refractivity contribution in [1.29, 1.82) is 0 Å². The molecule has 0 atom stereocenters. The Morgan fingerprint density at radius 2 is 1.77 bits per heavy atom. The Hall–Kier alpha value is -3.03. The maximum Gasteiger partial charge on any atom is 0.419 e. The zero-order valence-electron chi connectivity index (χ0n) is 13.5. The zero-order valence-corrected chi connectivity index (χ0v) is 13.5. The van der Waals surface area contributed by atoms with Crippen LogP contribution in [0.5, 0.6) is 0 Å². The Labute approximate surface area is 146 Å². The zero-order chi connectivity index (χ0) is 18.7. The number of aryl methyl sites for hydroxylation is 1. The second kappa shape index (κ2) is 7.07. The average molecular weight is 364 g/mol. The first-order valence-electron chi connectivity index (χ1n) is 7.86. The number of alkyl halides is 3. The minimum absolute atomic E-state index is 0.0457. The van der Waals surface area contributed by atoms with Gasteiger partial charge in [-0.3, -0.25) is 9.36 Å². The quantitative estimate of drug-likeness (QED) is 0.755. The summed E-state index contributed by atoms with van der Waals surface area (Å²) in [7, 11) is 0. The van der Waals surface area contributed by atoms with Gasteiger partial charge in [0.1, 0.15) is 0 Å². The number of hydrogen-bond acceptors (Lipinski definition) is 3. The van der Waals surface area contributed by atoms with Gasteiger partial charge in [0.15, 0.2) is 5.58 Å². The van der Waals surface area contributed by atoms with Crippen LogP contribution in [0.3, 0.4) is 0 Å². The highest BCUT2D eigenvalue weighted by molar-refractivity contribution is 5.76. The number of rotatable bonds is 5. The Bertz CT molecular complexity index is 972. The molecule has 0 aliphatic heterocycles. The van der Waals surface area contributed by atoms with Gasteiger partial charge in [0.05, 0.1) is 11.1 Å². The van der Waals surface area contributed by atoms with E-state index in [0.29, 0.717) is 16.7 Å². The van der Waals surface area contributed by atoms with E-state index in [1.54, 1.807) is 24.3 Å². The third kappa shape index (κ3) is 3.96. The highest BCUT2D eigenvalue weighted by Crippen LogP contribution is 2.29. The summed E-state index contributed by atoms with van der Waals surface area (Å²) in [4.78, 5) is 23.8. The van der Waals surface area contributed by atoms with E-state index in [4.69, 9.17) is 4.42 Å². The van der Waals surface area contributed by atoms with Crippen molar-refractivity contribution in [1.82, 2.24) is 9.88 Å². The smallest absolute Gasteiger partial charge is 0.408 e. The van der Waals surface area contributed by atoms with E-state index in [2.05, 4.69) is 5.32 Å². The summed E-state index contributed by atoms with van der Waals surface area (Å²) in [6, 6.07) is 11.5. The van der Waals surface area contributed by atoms with E-state index in [1.807, 2.05) is 0 Å². The molecule has 1 amide bonds. The molecule has 3 aromatic rings. The van der Waals surface area contributed by atoms with Gasteiger partial charge in [0.2, 0.25) is 5.91 Å². The molecule has 0 radical (unpaired) electrons. The lowest BCUT2D eigenvalue weighted by Gasteiger charge is -2.09. The molecule has 0 unspecified atom stereocenters. The third-order valence-corrected chi connectivity index (χ3v) is 3.91. The van der Waals surface area contributed by atoms with E-state index < -0.39 is 17.5 Å². The minimum Gasteiger partial charge on any atom is -0.408 e. The lowest BCUT2D eigenvalue weighted by atomic mass is 10.1. The number of benzene rings is 2. The molecule has 0 aliphatic carbocycles. The van der Waals surface area contributed by atoms with E-state index in [0.717, 1.165) is 12.1 Å². The van der Waals surface area contributed by atoms with Crippen LogP contribution in [0, 0.1) is 0 Å². The summed E-state index contributed by atoms with van der Waals surface area (Å²) >= 11 is 0. The highest BCUT2D eigenvalue weighted by Gasteiger charge is 2.29. The number of carbonyl (C=O) groups excluding carboxylic acids is 1. The van der Waals surface area contributed by atoms with Gasteiger partial charge in [-0.1, -0.05) is 24.3 Å².